The maximum Gasteiger partial charge on any atom is 0.339 e. The van der Waals surface area contributed by atoms with Crippen LogP contribution in [0.1, 0.15) is 50.2 Å². The number of aryl methyl sites for hydroxylation is 1. The minimum Gasteiger partial charge on any atom is -0.465 e. The van der Waals surface area contributed by atoms with Gasteiger partial charge in [-0.15, -0.1) is 0 Å². The molecular formula is C19H21FN2O4. The van der Waals surface area contributed by atoms with Crippen LogP contribution in [0.2, 0.25) is 0 Å². The summed E-state index contributed by atoms with van der Waals surface area (Å²) in [7, 11) is 1.23. The molecule has 0 aliphatic heterocycles. The number of nitrogens with one attached hydrogen (secondary N) is 2. The molecule has 2 aromatic rings. The van der Waals surface area contributed by atoms with Gasteiger partial charge >= 0.3 is 5.97 Å². The van der Waals surface area contributed by atoms with Gasteiger partial charge in [-0.2, -0.15) is 0 Å². The summed E-state index contributed by atoms with van der Waals surface area (Å²) in [6.45, 7) is 4.81. The maximum atomic E-state index is 13.6. The fourth-order valence-electron chi connectivity index (χ4n) is 2.69. The molecule has 0 saturated carbocycles. The van der Waals surface area contributed by atoms with Crippen molar-refractivity contribution < 1.29 is 23.5 Å². The summed E-state index contributed by atoms with van der Waals surface area (Å²) in [5.74, 6) is -1.56. The molecule has 0 unspecified atom stereocenters. The predicted octanol–water partition coefficient (Wildman–Crippen LogP) is 2.62. The molecule has 0 spiro atoms. The van der Waals surface area contributed by atoms with Crippen LogP contribution >= 0.6 is 0 Å². The minimum absolute atomic E-state index is 0.132. The van der Waals surface area contributed by atoms with Crippen molar-refractivity contribution in [3.8, 4) is 0 Å². The van der Waals surface area contributed by atoms with Crippen molar-refractivity contribution >= 4 is 17.7 Å². The number of benzene rings is 1. The average molecular weight is 360 g/mol. The number of ketones is 1. The molecule has 0 atom stereocenters. The SMILES string of the molecule is COC(=O)c1c(CC(=O)NCc2ccc(C)c(F)c2)[nH]c(C(C)=O)c1C. The van der Waals surface area contributed by atoms with Gasteiger partial charge in [-0.3, -0.25) is 9.59 Å². The van der Waals surface area contributed by atoms with Crippen LogP contribution in [0.4, 0.5) is 4.39 Å². The Hall–Kier alpha value is -2.96. The molecule has 1 aromatic heterocycles. The van der Waals surface area contributed by atoms with E-state index in [-0.39, 0.29) is 41.7 Å². The summed E-state index contributed by atoms with van der Waals surface area (Å²) in [4.78, 5) is 38.7. The molecule has 0 fully saturated rings. The van der Waals surface area contributed by atoms with Gasteiger partial charge in [-0.05, 0) is 36.6 Å². The van der Waals surface area contributed by atoms with Gasteiger partial charge in [-0.1, -0.05) is 12.1 Å². The fraction of sp³-hybridized carbons (Fsp3) is 0.316. The highest BCUT2D eigenvalue weighted by Gasteiger charge is 2.24. The summed E-state index contributed by atoms with van der Waals surface area (Å²) in [6.07, 6.45) is -0.132. The van der Waals surface area contributed by atoms with Crippen LogP contribution in [-0.4, -0.2) is 29.8 Å². The number of methoxy groups -OCH3 is 1. The molecule has 138 valence electrons. The highest BCUT2D eigenvalue weighted by atomic mass is 19.1. The van der Waals surface area contributed by atoms with Crippen molar-refractivity contribution in [3.63, 3.8) is 0 Å². The number of amides is 1. The molecule has 0 aliphatic rings. The fourth-order valence-corrected chi connectivity index (χ4v) is 2.69. The molecule has 26 heavy (non-hydrogen) atoms. The number of halogens is 1. The van der Waals surface area contributed by atoms with E-state index in [1.54, 1.807) is 26.0 Å². The molecule has 1 amide bonds. The monoisotopic (exact) mass is 360 g/mol. The van der Waals surface area contributed by atoms with Crippen LogP contribution in [0.5, 0.6) is 0 Å². The molecule has 0 saturated heterocycles. The van der Waals surface area contributed by atoms with Crippen LogP contribution in [0, 0.1) is 19.7 Å². The lowest BCUT2D eigenvalue weighted by Crippen LogP contribution is -2.25. The second kappa shape index (κ2) is 7.95. The first-order valence-electron chi connectivity index (χ1n) is 8.07. The molecule has 0 aliphatic carbocycles. The Bertz CT molecular complexity index is 871. The lowest BCUT2D eigenvalue weighted by molar-refractivity contribution is -0.120. The Morgan fingerprint density at radius 2 is 1.92 bits per heavy atom. The molecule has 7 heteroatoms. The van der Waals surface area contributed by atoms with Crippen molar-refractivity contribution in [2.45, 2.75) is 33.7 Å². The lowest BCUT2D eigenvalue weighted by atomic mass is 10.1. The summed E-state index contributed by atoms with van der Waals surface area (Å²) in [5.41, 5.74) is 2.38. The van der Waals surface area contributed by atoms with Gasteiger partial charge in [0, 0.05) is 19.2 Å². The molecule has 2 rings (SSSR count). The summed E-state index contributed by atoms with van der Waals surface area (Å²) in [6, 6.07) is 4.73. The van der Waals surface area contributed by atoms with E-state index in [0.29, 0.717) is 22.4 Å². The van der Waals surface area contributed by atoms with Crippen molar-refractivity contribution in [3.05, 3.63) is 57.7 Å². The van der Waals surface area contributed by atoms with Crippen LogP contribution in [-0.2, 0) is 22.5 Å². The van der Waals surface area contributed by atoms with Crippen molar-refractivity contribution in [2.24, 2.45) is 0 Å². The maximum absolute atomic E-state index is 13.6. The van der Waals surface area contributed by atoms with Crippen molar-refractivity contribution in [1.29, 1.82) is 0 Å². The van der Waals surface area contributed by atoms with E-state index < -0.39 is 5.97 Å². The third-order valence-corrected chi connectivity index (χ3v) is 4.13. The second-order valence-electron chi connectivity index (χ2n) is 6.06. The first kappa shape index (κ1) is 19.4. The first-order chi connectivity index (χ1) is 12.2. The average Bonchev–Trinajstić information content (AvgIpc) is 2.91. The molecule has 6 nitrogen and oxygen atoms in total. The zero-order chi connectivity index (χ0) is 19.4. The van der Waals surface area contributed by atoms with Crippen LogP contribution in [0.25, 0.3) is 0 Å². The van der Waals surface area contributed by atoms with E-state index in [0.717, 1.165) is 0 Å². The van der Waals surface area contributed by atoms with Gasteiger partial charge in [0.05, 0.1) is 24.8 Å². The highest BCUT2D eigenvalue weighted by molar-refractivity contribution is 6.01. The normalized spacial score (nSPS) is 10.5. The zero-order valence-corrected chi connectivity index (χ0v) is 15.2. The molecule has 1 heterocycles. The lowest BCUT2D eigenvalue weighted by Gasteiger charge is -2.07. The molecule has 0 bridgehead atoms. The van der Waals surface area contributed by atoms with Gasteiger partial charge in [-0.25, -0.2) is 9.18 Å². The number of ether oxygens (including phenoxy) is 1. The van der Waals surface area contributed by atoms with E-state index in [4.69, 9.17) is 4.74 Å². The number of Topliss-reactive ketones (excluding diaryl/α,β-unsaturated/α-hetero) is 1. The Labute approximate surface area is 150 Å². The van der Waals surface area contributed by atoms with Gasteiger partial charge in [0.25, 0.3) is 0 Å². The molecule has 0 radical (unpaired) electrons. The summed E-state index contributed by atoms with van der Waals surface area (Å²) < 4.78 is 18.3. The first-order valence-corrected chi connectivity index (χ1v) is 8.07. The van der Waals surface area contributed by atoms with Crippen LogP contribution in [0.15, 0.2) is 18.2 Å². The van der Waals surface area contributed by atoms with E-state index in [9.17, 15) is 18.8 Å². The third-order valence-electron chi connectivity index (χ3n) is 4.13. The standard InChI is InChI=1S/C19H21FN2O4/c1-10-5-6-13(7-14(10)20)9-21-16(24)8-15-17(19(25)26-4)11(2)18(22-15)12(3)23/h5-7,22H,8-9H2,1-4H3,(H,21,24). The number of aromatic amines is 1. The largest absolute Gasteiger partial charge is 0.465 e. The number of rotatable bonds is 6. The Balaban J connectivity index is 2.15. The number of esters is 1. The Morgan fingerprint density at radius 3 is 2.50 bits per heavy atom. The number of hydrogen-bond donors (Lipinski definition) is 2. The third kappa shape index (κ3) is 4.17. The number of H-pyrrole nitrogens is 1. The number of hydrogen-bond acceptors (Lipinski definition) is 4. The van der Waals surface area contributed by atoms with Crippen molar-refractivity contribution in [2.75, 3.05) is 7.11 Å². The predicted molar refractivity (Wildman–Crippen MR) is 93.6 cm³/mol. The second-order valence-corrected chi connectivity index (χ2v) is 6.06. The molecule has 2 N–H and O–H groups in total. The summed E-state index contributed by atoms with van der Waals surface area (Å²) in [5, 5.41) is 2.67. The smallest absolute Gasteiger partial charge is 0.339 e. The van der Waals surface area contributed by atoms with Gasteiger partial charge in [0.2, 0.25) is 5.91 Å². The minimum atomic E-state index is -0.616. The number of aromatic nitrogens is 1. The molecule has 1 aromatic carbocycles. The van der Waals surface area contributed by atoms with E-state index in [1.807, 2.05) is 0 Å². The van der Waals surface area contributed by atoms with Gasteiger partial charge in [0.1, 0.15) is 5.82 Å². The summed E-state index contributed by atoms with van der Waals surface area (Å²) >= 11 is 0. The number of carbonyl (C=O) groups is 3. The quantitative estimate of drug-likeness (QED) is 0.612. The van der Waals surface area contributed by atoms with E-state index >= 15 is 0 Å². The molecular weight excluding hydrogens is 339 g/mol. The Morgan fingerprint density at radius 1 is 1.23 bits per heavy atom. The van der Waals surface area contributed by atoms with E-state index in [2.05, 4.69) is 10.3 Å². The van der Waals surface area contributed by atoms with Gasteiger partial charge < -0.3 is 15.0 Å². The Kier molecular flexibility index (Phi) is 5.92. The van der Waals surface area contributed by atoms with E-state index in [1.165, 1.54) is 20.1 Å². The topological polar surface area (TPSA) is 88.3 Å². The highest BCUT2D eigenvalue weighted by Crippen LogP contribution is 2.20. The van der Waals surface area contributed by atoms with Crippen LogP contribution in [0.3, 0.4) is 0 Å². The van der Waals surface area contributed by atoms with Gasteiger partial charge in [0.15, 0.2) is 5.78 Å². The van der Waals surface area contributed by atoms with Crippen LogP contribution < -0.4 is 5.32 Å². The number of carbonyl (C=O) groups excluding carboxylic acids is 3. The van der Waals surface area contributed by atoms with Crippen molar-refractivity contribution in [1.82, 2.24) is 10.3 Å². The zero-order valence-electron chi connectivity index (χ0n) is 15.2.